The van der Waals surface area contributed by atoms with E-state index in [-0.39, 0.29) is 10.6 Å². The van der Waals surface area contributed by atoms with Crippen LogP contribution in [0.15, 0.2) is 69.4 Å². The summed E-state index contributed by atoms with van der Waals surface area (Å²) in [5.41, 5.74) is 1.26. The number of non-ortho nitro benzene ring substituents is 1. The molecular formula is C18H15N3O4S2. The minimum atomic E-state index is -3.24. The molecule has 1 heterocycles. The molecule has 0 aliphatic carbocycles. The number of aryl methyl sites for hydroxylation is 1. The zero-order chi connectivity index (χ0) is 19.6. The maximum absolute atomic E-state index is 11.5. The van der Waals surface area contributed by atoms with Gasteiger partial charge in [0.25, 0.3) is 5.69 Å². The van der Waals surface area contributed by atoms with Crippen LogP contribution >= 0.6 is 11.8 Å². The van der Waals surface area contributed by atoms with Crippen LogP contribution in [0, 0.1) is 17.0 Å². The van der Waals surface area contributed by atoms with E-state index in [1.807, 2.05) is 6.92 Å². The Morgan fingerprint density at radius 2 is 1.74 bits per heavy atom. The molecule has 3 rings (SSSR count). The summed E-state index contributed by atoms with van der Waals surface area (Å²) >= 11 is 1.36. The van der Waals surface area contributed by atoms with Gasteiger partial charge < -0.3 is 0 Å². The molecule has 0 saturated heterocycles. The van der Waals surface area contributed by atoms with Crippen LogP contribution in [0.2, 0.25) is 0 Å². The topological polar surface area (TPSA) is 103 Å². The fraction of sp³-hybridized carbons (Fsp3) is 0.111. The van der Waals surface area contributed by atoms with Gasteiger partial charge in [-0.1, -0.05) is 23.9 Å². The Morgan fingerprint density at radius 3 is 2.37 bits per heavy atom. The molecule has 9 heteroatoms. The summed E-state index contributed by atoms with van der Waals surface area (Å²) in [5, 5.41) is 11.6. The molecule has 0 N–H and O–H groups in total. The first-order chi connectivity index (χ1) is 12.7. The van der Waals surface area contributed by atoms with Gasteiger partial charge in [0.2, 0.25) is 0 Å². The SMILES string of the molecule is Cc1cc(Sc2ccc(S(C)(=O)=O)cc2)nc(-c2cccc([N+](=O)[O-])c2)n1. The number of sulfone groups is 1. The van der Waals surface area contributed by atoms with E-state index < -0.39 is 14.8 Å². The van der Waals surface area contributed by atoms with Crippen LogP contribution in [-0.4, -0.2) is 29.6 Å². The van der Waals surface area contributed by atoms with Crippen LogP contribution in [0.3, 0.4) is 0 Å². The van der Waals surface area contributed by atoms with Gasteiger partial charge in [-0.05, 0) is 37.3 Å². The number of aromatic nitrogens is 2. The van der Waals surface area contributed by atoms with Gasteiger partial charge in [-0.2, -0.15) is 0 Å². The van der Waals surface area contributed by atoms with Gasteiger partial charge in [-0.25, -0.2) is 18.4 Å². The highest BCUT2D eigenvalue weighted by Crippen LogP contribution is 2.29. The molecule has 0 spiro atoms. The average molecular weight is 401 g/mol. The highest BCUT2D eigenvalue weighted by molar-refractivity contribution is 7.99. The summed E-state index contributed by atoms with van der Waals surface area (Å²) in [4.78, 5) is 20.4. The van der Waals surface area contributed by atoms with Crippen LogP contribution in [-0.2, 0) is 9.84 Å². The van der Waals surface area contributed by atoms with Crippen molar-refractivity contribution in [3.05, 3.63) is 70.4 Å². The van der Waals surface area contributed by atoms with Crippen molar-refractivity contribution in [3.8, 4) is 11.4 Å². The summed E-state index contributed by atoms with van der Waals surface area (Å²) in [7, 11) is -3.24. The standard InChI is InChI=1S/C18H15N3O4S2/c1-12-10-17(26-15-6-8-16(9-7-15)27(2,24)25)20-18(19-12)13-4-3-5-14(11-13)21(22)23/h3-11H,1-2H3. The Kier molecular flexibility index (Phi) is 5.24. The fourth-order valence-corrected chi connectivity index (χ4v) is 3.86. The first-order valence-corrected chi connectivity index (χ1v) is 10.5. The van der Waals surface area contributed by atoms with Crippen LogP contribution in [0.1, 0.15) is 5.69 Å². The van der Waals surface area contributed by atoms with Crippen LogP contribution in [0.5, 0.6) is 0 Å². The van der Waals surface area contributed by atoms with E-state index in [1.54, 1.807) is 42.5 Å². The van der Waals surface area contributed by atoms with E-state index in [9.17, 15) is 18.5 Å². The van der Waals surface area contributed by atoms with Gasteiger partial charge in [0.05, 0.1) is 9.82 Å². The van der Waals surface area contributed by atoms with Crippen molar-refractivity contribution in [2.75, 3.05) is 6.26 Å². The quantitative estimate of drug-likeness (QED) is 0.363. The molecule has 0 unspecified atom stereocenters. The molecule has 27 heavy (non-hydrogen) atoms. The molecular weight excluding hydrogens is 386 g/mol. The Labute approximate surface area is 160 Å². The molecule has 2 aromatic carbocycles. The maximum atomic E-state index is 11.5. The number of nitro groups is 1. The van der Waals surface area contributed by atoms with Crippen molar-refractivity contribution in [3.63, 3.8) is 0 Å². The van der Waals surface area contributed by atoms with Crippen molar-refractivity contribution in [1.29, 1.82) is 0 Å². The van der Waals surface area contributed by atoms with Gasteiger partial charge in [0, 0.05) is 34.5 Å². The zero-order valence-electron chi connectivity index (χ0n) is 14.5. The van der Waals surface area contributed by atoms with Gasteiger partial charge in [0.15, 0.2) is 15.7 Å². The number of hydrogen-bond acceptors (Lipinski definition) is 7. The lowest BCUT2D eigenvalue weighted by Crippen LogP contribution is -1.96. The number of hydrogen-bond donors (Lipinski definition) is 0. The predicted octanol–water partition coefficient (Wildman–Crippen LogP) is 3.91. The second-order valence-corrected chi connectivity index (χ2v) is 8.93. The highest BCUT2D eigenvalue weighted by Gasteiger charge is 2.12. The maximum Gasteiger partial charge on any atom is 0.270 e. The zero-order valence-corrected chi connectivity index (χ0v) is 16.1. The lowest BCUT2D eigenvalue weighted by molar-refractivity contribution is -0.384. The third-order valence-electron chi connectivity index (χ3n) is 3.62. The smallest absolute Gasteiger partial charge is 0.258 e. The number of nitro benzene ring substituents is 1. The molecule has 0 saturated carbocycles. The molecule has 1 aromatic heterocycles. The highest BCUT2D eigenvalue weighted by atomic mass is 32.2. The summed E-state index contributed by atoms with van der Waals surface area (Å²) in [6.45, 7) is 1.82. The van der Waals surface area contributed by atoms with Crippen molar-refractivity contribution in [2.45, 2.75) is 21.7 Å². The molecule has 7 nitrogen and oxygen atoms in total. The number of nitrogens with zero attached hydrogens (tertiary/aromatic N) is 3. The van der Waals surface area contributed by atoms with Gasteiger partial charge in [-0.15, -0.1) is 0 Å². The van der Waals surface area contributed by atoms with Gasteiger partial charge in [-0.3, -0.25) is 10.1 Å². The molecule has 0 fully saturated rings. The molecule has 0 aliphatic heterocycles. The molecule has 0 bridgehead atoms. The molecule has 0 amide bonds. The lowest BCUT2D eigenvalue weighted by atomic mass is 10.2. The predicted molar refractivity (Wildman–Crippen MR) is 103 cm³/mol. The lowest BCUT2D eigenvalue weighted by Gasteiger charge is -2.07. The van der Waals surface area contributed by atoms with E-state index in [2.05, 4.69) is 9.97 Å². The van der Waals surface area contributed by atoms with Gasteiger partial charge >= 0.3 is 0 Å². The van der Waals surface area contributed by atoms with Crippen molar-refractivity contribution >= 4 is 27.3 Å². The third kappa shape index (κ3) is 4.69. The molecule has 0 aliphatic rings. The van der Waals surface area contributed by atoms with Gasteiger partial charge in [0.1, 0.15) is 5.03 Å². The minimum Gasteiger partial charge on any atom is -0.258 e. The van der Waals surface area contributed by atoms with Crippen LogP contribution in [0.4, 0.5) is 5.69 Å². The fourth-order valence-electron chi connectivity index (χ4n) is 2.36. The van der Waals surface area contributed by atoms with Crippen LogP contribution in [0.25, 0.3) is 11.4 Å². The van der Waals surface area contributed by atoms with Crippen molar-refractivity contribution in [1.82, 2.24) is 9.97 Å². The normalized spacial score (nSPS) is 11.3. The largest absolute Gasteiger partial charge is 0.270 e. The Bertz CT molecular complexity index is 1110. The van der Waals surface area contributed by atoms with E-state index in [0.29, 0.717) is 16.4 Å². The van der Waals surface area contributed by atoms with E-state index in [4.69, 9.17) is 0 Å². The van der Waals surface area contributed by atoms with Crippen molar-refractivity contribution < 1.29 is 13.3 Å². The molecule has 0 atom stereocenters. The average Bonchev–Trinajstić information content (AvgIpc) is 2.61. The van der Waals surface area contributed by atoms with Crippen molar-refractivity contribution in [2.24, 2.45) is 0 Å². The Hall–Kier alpha value is -2.78. The second kappa shape index (κ2) is 7.45. The Balaban J connectivity index is 1.92. The number of benzene rings is 2. The molecule has 0 radical (unpaired) electrons. The third-order valence-corrected chi connectivity index (χ3v) is 5.67. The Morgan fingerprint density at radius 1 is 1.04 bits per heavy atom. The summed E-state index contributed by atoms with van der Waals surface area (Å²) in [5.74, 6) is 0.397. The molecule has 138 valence electrons. The monoisotopic (exact) mass is 401 g/mol. The molecule has 3 aromatic rings. The summed E-state index contributed by atoms with van der Waals surface area (Å²) < 4.78 is 23.1. The van der Waals surface area contributed by atoms with E-state index in [1.165, 1.54) is 23.9 Å². The first-order valence-electron chi connectivity index (χ1n) is 7.81. The summed E-state index contributed by atoms with van der Waals surface area (Å²) in [6, 6.07) is 14.5. The number of rotatable bonds is 5. The second-order valence-electron chi connectivity index (χ2n) is 5.82. The first kappa shape index (κ1) is 19.0. The minimum absolute atomic E-state index is 0.0248. The van der Waals surface area contributed by atoms with E-state index in [0.717, 1.165) is 16.8 Å². The summed E-state index contributed by atoms with van der Waals surface area (Å²) in [6.07, 6.45) is 1.16. The van der Waals surface area contributed by atoms with Crippen LogP contribution < -0.4 is 0 Å². The van der Waals surface area contributed by atoms with E-state index >= 15 is 0 Å².